The number of carboxylic acids is 1. The van der Waals surface area contributed by atoms with Crippen LogP contribution >= 0.6 is 11.3 Å². The SMILES string of the molecule is Cc1ccsc1S(=O)(=O)N1C[C@@H](C)[C@H](C(=O)O)C1. The van der Waals surface area contributed by atoms with E-state index in [0.717, 1.165) is 0 Å². The van der Waals surface area contributed by atoms with E-state index < -0.39 is 21.9 Å². The van der Waals surface area contributed by atoms with Gasteiger partial charge in [-0.25, -0.2) is 8.42 Å². The molecular weight excluding hydrogens is 274 g/mol. The highest BCUT2D eigenvalue weighted by Gasteiger charge is 2.41. The fourth-order valence-electron chi connectivity index (χ4n) is 2.18. The molecule has 0 unspecified atom stereocenters. The fraction of sp³-hybridized carbons (Fsp3) is 0.545. The molecule has 1 saturated heterocycles. The summed E-state index contributed by atoms with van der Waals surface area (Å²) in [6, 6.07) is 1.76. The van der Waals surface area contributed by atoms with Crippen LogP contribution in [0, 0.1) is 18.8 Å². The van der Waals surface area contributed by atoms with Gasteiger partial charge >= 0.3 is 5.97 Å². The molecule has 0 spiro atoms. The van der Waals surface area contributed by atoms with Crippen molar-refractivity contribution in [2.45, 2.75) is 18.1 Å². The first-order chi connectivity index (χ1) is 8.34. The molecule has 1 aromatic heterocycles. The molecular formula is C11H15NO4S2. The van der Waals surface area contributed by atoms with Crippen LogP contribution in [0.3, 0.4) is 0 Å². The number of aliphatic carboxylic acids is 1. The molecule has 1 fully saturated rings. The van der Waals surface area contributed by atoms with E-state index in [2.05, 4.69) is 0 Å². The van der Waals surface area contributed by atoms with Crippen molar-refractivity contribution >= 4 is 27.3 Å². The minimum atomic E-state index is -3.54. The van der Waals surface area contributed by atoms with Gasteiger partial charge in [0, 0.05) is 13.1 Å². The monoisotopic (exact) mass is 289 g/mol. The molecule has 0 amide bonds. The fourth-order valence-corrected chi connectivity index (χ4v) is 5.30. The van der Waals surface area contributed by atoms with Crippen LogP contribution < -0.4 is 0 Å². The first-order valence-electron chi connectivity index (χ1n) is 5.61. The molecule has 1 aromatic rings. The lowest BCUT2D eigenvalue weighted by Crippen LogP contribution is -2.29. The molecule has 0 radical (unpaired) electrons. The number of carboxylic acid groups (broad SMARTS) is 1. The van der Waals surface area contributed by atoms with Gasteiger partial charge in [0.25, 0.3) is 10.0 Å². The Morgan fingerprint density at radius 2 is 2.17 bits per heavy atom. The van der Waals surface area contributed by atoms with E-state index in [4.69, 9.17) is 5.11 Å². The van der Waals surface area contributed by atoms with E-state index in [1.165, 1.54) is 15.6 Å². The number of hydrogen-bond donors (Lipinski definition) is 1. The van der Waals surface area contributed by atoms with Crippen molar-refractivity contribution in [2.24, 2.45) is 11.8 Å². The maximum Gasteiger partial charge on any atom is 0.308 e. The molecule has 5 nitrogen and oxygen atoms in total. The third-order valence-electron chi connectivity index (χ3n) is 3.29. The van der Waals surface area contributed by atoms with E-state index in [9.17, 15) is 13.2 Å². The Balaban J connectivity index is 2.29. The second-order valence-corrected chi connectivity index (χ2v) is 7.68. The molecule has 1 aliphatic rings. The number of sulfonamides is 1. The van der Waals surface area contributed by atoms with E-state index in [0.29, 0.717) is 9.77 Å². The summed E-state index contributed by atoms with van der Waals surface area (Å²) in [5.74, 6) is -1.69. The van der Waals surface area contributed by atoms with Crippen LogP contribution in [0.4, 0.5) is 0 Å². The normalized spacial score (nSPS) is 25.4. The number of rotatable bonds is 3. The summed E-state index contributed by atoms with van der Waals surface area (Å²) in [4.78, 5) is 11.0. The van der Waals surface area contributed by atoms with Crippen molar-refractivity contribution in [1.29, 1.82) is 0 Å². The topological polar surface area (TPSA) is 74.7 Å². The highest BCUT2D eigenvalue weighted by Crippen LogP contribution is 2.32. The van der Waals surface area contributed by atoms with E-state index in [1.807, 2.05) is 0 Å². The maximum absolute atomic E-state index is 12.4. The van der Waals surface area contributed by atoms with Gasteiger partial charge in [-0.2, -0.15) is 4.31 Å². The van der Waals surface area contributed by atoms with Gasteiger partial charge in [0.1, 0.15) is 4.21 Å². The largest absolute Gasteiger partial charge is 0.481 e. The van der Waals surface area contributed by atoms with Crippen LogP contribution in [0.1, 0.15) is 12.5 Å². The van der Waals surface area contributed by atoms with Crippen molar-refractivity contribution in [1.82, 2.24) is 4.31 Å². The van der Waals surface area contributed by atoms with Crippen molar-refractivity contribution in [2.75, 3.05) is 13.1 Å². The van der Waals surface area contributed by atoms with Crippen molar-refractivity contribution in [3.63, 3.8) is 0 Å². The standard InChI is InChI=1S/C11H15NO4S2/c1-7-3-4-17-11(7)18(15,16)12-5-8(2)9(6-12)10(13)14/h3-4,8-9H,5-6H2,1-2H3,(H,13,14)/t8-,9-/m1/s1. The lowest BCUT2D eigenvalue weighted by atomic mass is 9.99. The van der Waals surface area contributed by atoms with Crippen LogP contribution in [-0.4, -0.2) is 36.9 Å². The Kier molecular flexibility index (Phi) is 3.48. The third-order valence-corrected chi connectivity index (χ3v) is 6.78. The lowest BCUT2D eigenvalue weighted by Gasteiger charge is -2.15. The molecule has 2 rings (SSSR count). The zero-order chi connectivity index (χ0) is 13.5. The molecule has 18 heavy (non-hydrogen) atoms. The number of nitrogens with zero attached hydrogens (tertiary/aromatic N) is 1. The summed E-state index contributed by atoms with van der Waals surface area (Å²) in [6.45, 7) is 3.86. The van der Waals surface area contributed by atoms with E-state index in [-0.39, 0.29) is 19.0 Å². The summed E-state index contributed by atoms with van der Waals surface area (Å²) < 4.78 is 26.4. The molecule has 1 aliphatic heterocycles. The molecule has 7 heteroatoms. The van der Waals surface area contributed by atoms with E-state index in [1.54, 1.807) is 25.3 Å². The van der Waals surface area contributed by atoms with Gasteiger partial charge in [-0.1, -0.05) is 6.92 Å². The zero-order valence-electron chi connectivity index (χ0n) is 10.2. The van der Waals surface area contributed by atoms with Crippen LogP contribution in [0.5, 0.6) is 0 Å². The Morgan fingerprint density at radius 3 is 2.61 bits per heavy atom. The van der Waals surface area contributed by atoms with Crippen molar-refractivity contribution in [3.05, 3.63) is 17.0 Å². The van der Waals surface area contributed by atoms with Crippen LogP contribution in [0.15, 0.2) is 15.7 Å². The Hall–Kier alpha value is -0.920. The quantitative estimate of drug-likeness (QED) is 0.912. The number of thiophene rings is 1. The second kappa shape index (κ2) is 4.64. The molecule has 1 N–H and O–H groups in total. The van der Waals surface area contributed by atoms with Gasteiger partial charge in [-0.05, 0) is 29.9 Å². The second-order valence-electron chi connectivity index (χ2n) is 4.64. The van der Waals surface area contributed by atoms with Gasteiger partial charge in [-0.15, -0.1) is 11.3 Å². The molecule has 0 saturated carbocycles. The Labute approximate surface area is 110 Å². The molecule has 0 bridgehead atoms. The number of hydrogen-bond acceptors (Lipinski definition) is 4. The molecule has 2 atom stereocenters. The highest BCUT2D eigenvalue weighted by atomic mass is 32.2. The van der Waals surface area contributed by atoms with Gasteiger partial charge in [0.15, 0.2) is 0 Å². The highest BCUT2D eigenvalue weighted by molar-refractivity contribution is 7.91. The predicted octanol–water partition coefficient (Wildman–Crippen LogP) is 1.40. The number of carbonyl (C=O) groups is 1. The average Bonchev–Trinajstić information content (AvgIpc) is 2.84. The summed E-state index contributed by atoms with van der Waals surface area (Å²) in [5, 5.41) is 10.8. The Morgan fingerprint density at radius 1 is 1.50 bits per heavy atom. The first kappa shape index (κ1) is 13.5. The Bertz CT molecular complexity index is 563. The van der Waals surface area contributed by atoms with Crippen LogP contribution in [0.25, 0.3) is 0 Å². The minimum absolute atomic E-state index is 0.0656. The molecule has 0 aliphatic carbocycles. The molecule has 2 heterocycles. The smallest absolute Gasteiger partial charge is 0.308 e. The minimum Gasteiger partial charge on any atom is -0.481 e. The summed E-state index contributed by atoms with van der Waals surface area (Å²) in [5.41, 5.74) is 0.714. The summed E-state index contributed by atoms with van der Waals surface area (Å²) >= 11 is 1.18. The summed E-state index contributed by atoms with van der Waals surface area (Å²) in [6.07, 6.45) is 0. The van der Waals surface area contributed by atoms with Gasteiger partial charge in [-0.3, -0.25) is 4.79 Å². The van der Waals surface area contributed by atoms with Gasteiger partial charge < -0.3 is 5.11 Å². The van der Waals surface area contributed by atoms with Crippen molar-refractivity contribution in [3.8, 4) is 0 Å². The first-order valence-corrected chi connectivity index (χ1v) is 7.93. The predicted molar refractivity (Wildman–Crippen MR) is 68.1 cm³/mol. The van der Waals surface area contributed by atoms with E-state index >= 15 is 0 Å². The third kappa shape index (κ3) is 2.17. The van der Waals surface area contributed by atoms with Crippen molar-refractivity contribution < 1.29 is 18.3 Å². The van der Waals surface area contributed by atoms with Gasteiger partial charge in [0.05, 0.1) is 5.92 Å². The molecule has 100 valence electrons. The summed E-state index contributed by atoms with van der Waals surface area (Å²) in [7, 11) is -3.54. The lowest BCUT2D eigenvalue weighted by molar-refractivity contribution is -0.142. The van der Waals surface area contributed by atoms with Crippen LogP contribution in [0.2, 0.25) is 0 Å². The average molecular weight is 289 g/mol. The van der Waals surface area contributed by atoms with Crippen LogP contribution in [-0.2, 0) is 14.8 Å². The molecule has 0 aromatic carbocycles. The zero-order valence-corrected chi connectivity index (χ0v) is 11.8. The van der Waals surface area contributed by atoms with Gasteiger partial charge in [0.2, 0.25) is 0 Å². The maximum atomic E-state index is 12.4. The number of aryl methyl sites for hydroxylation is 1.